The molecule has 4 nitrogen and oxygen atoms in total. The molecule has 1 amide bonds. The molecule has 0 aliphatic heterocycles. The first-order valence-electron chi connectivity index (χ1n) is 6.59. The van der Waals surface area contributed by atoms with Crippen molar-refractivity contribution in [2.45, 2.75) is 6.10 Å². The van der Waals surface area contributed by atoms with Gasteiger partial charge in [-0.15, -0.1) is 0 Å². The summed E-state index contributed by atoms with van der Waals surface area (Å²) in [4.78, 5) is 12.0. The summed E-state index contributed by atoms with van der Waals surface area (Å²) >= 11 is 1.49. The number of halogens is 2. The van der Waals surface area contributed by atoms with Gasteiger partial charge in [0.05, 0.1) is 13.2 Å². The molecule has 1 atom stereocenters. The summed E-state index contributed by atoms with van der Waals surface area (Å²) in [5.74, 6) is -2.59. The van der Waals surface area contributed by atoms with Gasteiger partial charge in [-0.05, 0) is 40.6 Å². The lowest BCUT2D eigenvalue weighted by molar-refractivity contribution is 0.0279. The van der Waals surface area contributed by atoms with Crippen LogP contribution in [-0.4, -0.2) is 30.8 Å². The van der Waals surface area contributed by atoms with Crippen LogP contribution in [-0.2, 0) is 4.74 Å². The maximum atomic E-state index is 13.1. The lowest BCUT2D eigenvalue weighted by atomic mass is 10.1. The molecular weight excluding hydrogens is 312 g/mol. The summed E-state index contributed by atoms with van der Waals surface area (Å²) in [7, 11) is 0. The quantitative estimate of drug-likeness (QED) is 0.821. The van der Waals surface area contributed by atoms with Crippen LogP contribution >= 0.6 is 11.3 Å². The van der Waals surface area contributed by atoms with Crippen LogP contribution in [0.2, 0.25) is 0 Å². The van der Waals surface area contributed by atoms with E-state index >= 15 is 0 Å². The highest BCUT2D eigenvalue weighted by atomic mass is 32.1. The second kappa shape index (κ2) is 7.98. The van der Waals surface area contributed by atoms with Crippen molar-refractivity contribution in [1.82, 2.24) is 5.32 Å². The summed E-state index contributed by atoms with van der Waals surface area (Å²) < 4.78 is 31.4. The number of rotatable bonds is 7. The second-order valence-electron chi connectivity index (χ2n) is 4.48. The van der Waals surface area contributed by atoms with E-state index < -0.39 is 23.6 Å². The van der Waals surface area contributed by atoms with Gasteiger partial charge in [-0.2, -0.15) is 11.3 Å². The van der Waals surface area contributed by atoms with Crippen molar-refractivity contribution in [3.05, 3.63) is 57.8 Å². The molecule has 2 aromatic rings. The number of carbonyl (C=O) groups excluding carboxylic acids is 1. The fourth-order valence-electron chi connectivity index (χ4n) is 1.85. The van der Waals surface area contributed by atoms with Crippen LogP contribution in [0, 0.1) is 11.6 Å². The van der Waals surface area contributed by atoms with Crippen molar-refractivity contribution in [2.75, 3.05) is 19.8 Å². The SMILES string of the molecule is O=C(NC[C@@H](OCCO)c1ccsc1)c1ccc(F)c(F)c1. The molecule has 0 fully saturated rings. The highest BCUT2D eigenvalue weighted by Gasteiger charge is 2.15. The van der Waals surface area contributed by atoms with Crippen LogP contribution < -0.4 is 5.32 Å². The van der Waals surface area contributed by atoms with Gasteiger partial charge in [0.25, 0.3) is 5.91 Å². The Hall–Kier alpha value is -1.83. The first kappa shape index (κ1) is 16.5. The monoisotopic (exact) mass is 327 g/mol. The van der Waals surface area contributed by atoms with E-state index in [0.717, 1.165) is 17.7 Å². The highest BCUT2D eigenvalue weighted by molar-refractivity contribution is 7.07. The first-order valence-corrected chi connectivity index (χ1v) is 7.54. The summed E-state index contributed by atoms with van der Waals surface area (Å²) in [5, 5.41) is 15.2. The number of hydrogen-bond acceptors (Lipinski definition) is 4. The van der Waals surface area contributed by atoms with Gasteiger partial charge in [0, 0.05) is 12.1 Å². The van der Waals surface area contributed by atoms with Crippen molar-refractivity contribution in [3.8, 4) is 0 Å². The summed E-state index contributed by atoms with van der Waals surface area (Å²) in [6.45, 7) is 0.174. The Bertz CT molecular complexity index is 619. The van der Waals surface area contributed by atoms with Gasteiger partial charge in [0.15, 0.2) is 11.6 Å². The maximum absolute atomic E-state index is 13.1. The van der Waals surface area contributed by atoms with Gasteiger partial charge >= 0.3 is 0 Å². The molecule has 0 saturated carbocycles. The van der Waals surface area contributed by atoms with Crippen LogP contribution in [0.5, 0.6) is 0 Å². The molecule has 1 aromatic heterocycles. The number of aliphatic hydroxyl groups excluding tert-OH is 1. The van der Waals surface area contributed by atoms with Gasteiger partial charge in [-0.1, -0.05) is 0 Å². The van der Waals surface area contributed by atoms with Crippen molar-refractivity contribution in [2.24, 2.45) is 0 Å². The minimum Gasteiger partial charge on any atom is -0.394 e. The molecule has 2 rings (SSSR count). The van der Waals surface area contributed by atoms with Crippen molar-refractivity contribution in [1.29, 1.82) is 0 Å². The molecule has 2 N–H and O–H groups in total. The summed E-state index contributed by atoms with van der Waals surface area (Å²) in [6.07, 6.45) is -0.410. The number of carbonyl (C=O) groups is 1. The van der Waals surface area contributed by atoms with Gasteiger partial charge < -0.3 is 15.2 Å². The number of hydrogen-bond donors (Lipinski definition) is 2. The fourth-order valence-corrected chi connectivity index (χ4v) is 2.55. The molecule has 0 spiro atoms. The minimum atomic E-state index is -1.07. The van der Waals surface area contributed by atoms with Crippen molar-refractivity contribution in [3.63, 3.8) is 0 Å². The molecule has 1 aromatic carbocycles. The Morgan fingerprint density at radius 3 is 2.77 bits per heavy atom. The molecule has 0 aliphatic rings. The zero-order valence-corrected chi connectivity index (χ0v) is 12.4. The Morgan fingerprint density at radius 1 is 1.32 bits per heavy atom. The Kier molecular flexibility index (Phi) is 6.00. The standard InChI is InChI=1S/C15H15F2NO3S/c16-12-2-1-10(7-13(12)17)15(20)18-8-14(21-5-4-19)11-3-6-22-9-11/h1-3,6-7,9,14,19H,4-5,8H2,(H,18,20)/t14-/m1/s1. The van der Waals surface area contributed by atoms with E-state index in [2.05, 4.69) is 5.32 Å². The van der Waals surface area contributed by atoms with Gasteiger partial charge in [0.2, 0.25) is 0 Å². The van der Waals surface area contributed by atoms with E-state index in [0.29, 0.717) is 0 Å². The minimum absolute atomic E-state index is 0.0325. The lowest BCUT2D eigenvalue weighted by Crippen LogP contribution is -2.30. The van der Waals surface area contributed by atoms with E-state index in [1.165, 1.54) is 17.4 Å². The largest absolute Gasteiger partial charge is 0.394 e. The van der Waals surface area contributed by atoms with E-state index in [4.69, 9.17) is 9.84 Å². The third-order valence-electron chi connectivity index (χ3n) is 2.96. The molecule has 1 heterocycles. The first-order chi connectivity index (χ1) is 10.6. The van der Waals surface area contributed by atoms with Crippen LogP contribution in [0.15, 0.2) is 35.0 Å². The number of ether oxygens (including phenoxy) is 1. The normalized spacial score (nSPS) is 12.1. The molecular formula is C15H15F2NO3S. The highest BCUT2D eigenvalue weighted by Crippen LogP contribution is 2.19. The van der Waals surface area contributed by atoms with Gasteiger partial charge in [-0.3, -0.25) is 4.79 Å². The molecule has 0 unspecified atom stereocenters. The van der Waals surface area contributed by atoms with Crippen LogP contribution in [0.25, 0.3) is 0 Å². The number of thiophene rings is 1. The average Bonchev–Trinajstić information content (AvgIpc) is 3.04. The molecule has 0 aliphatic carbocycles. The predicted octanol–water partition coefficient (Wildman–Crippen LogP) is 2.51. The van der Waals surface area contributed by atoms with E-state index in [-0.39, 0.29) is 25.3 Å². The molecule has 0 bridgehead atoms. The smallest absolute Gasteiger partial charge is 0.251 e. The van der Waals surface area contributed by atoms with Crippen molar-refractivity contribution >= 4 is 17.2 Å². The zero-order chi connectivity index (χ0) is 15.9. The van der Waals surface area contributed by atoms with E-state index in [1.807, 2.05) is 16.8 Å². The zero-order valence-electron chi connectivity index (χ0n) is 11.6. The Morgan fingerprint density at radius 2 is 2.14 bits per heavy atom. The van der Waals surface area contributed by atoms with Crippen molar-refractivity contribution < 1.29 is 23.4 Å². The third kappa shape index (κ3) is 4.33. The fraction of sp³-hybridized carbons (Fsp3) is 0.267. The van der Waals surface area contributed by atoms with Crippen LogP contribution in [0.1, 0.15) is 22.0 Å². The molecule has 118 valence electrons. The summed E-state index contributed by atoms with van der Waals surface area (Å²) in [6, 6.07) is 4.82. The summed E-state index contributed by atoms with van der Waals surface area (Å²) in [5.41, 5.74) is 0.911. The Labute approximate surface area is 130 Å². The molecule has 0 saturated heterocycles. The van der Waals surface area contributed by atoms with Crippen LogP contribution in [0.3, 0.4) is 0 Å². The average molecular weight is 327 g/mol. The number of aliphatic hydroxyl groups is 1. The topological polar surface area (TPSA) is 58.6 Å². The van der Waals surface area contributed by atoms with Crippen LogP contribution in [0.4, 0.5) is 8.78 Å². The van der Waals surface area contributed by atoms with E-state index in [1.54, 1.807) is 0 Å². The van der Waals surface area contributed by atoms with Gasteiger partial charge in [0.1, 0.15) is 6.10 Å². The predicted molar refractivity (Wildman–Crippen MR) is 78.8 cm³/mol. The molecule has 7 heteroatoms. The maximum Gasteiger partial charge on any atom is 0.251 e. The lowest BCUT2D eigenvalue weighted by Gasteiger charge is -2.17. The second-order valence-corrected chi connectivity index (χ2v) is 5.26. The third-order valence-corrected chi connectivity index (χ3v) is 3.66. The number of nitrogens with one attached hydrogen (secondary N) is 1. The molecule has 22 heavy (non-hydrogen) atoms. The van der Waals surface area contributed by atoms with Gasteiger partial charge in [-0.25, -0.2) is 8.78 Å². The number of amides is 1. The Balaban J connectivity index is 1.99. The molecule has 0 radical (unpaired) electrons. The number of benzene rings is 1. The van der Waals surface area contributed by atoms with E-state index in [9.17, 15) is 13.6 Å².